The van der Waals surface area contributed by atoms with Crippen molar-refractivity contribution in [1.82, 2.24) is 23.6 Å². The number of hydrogen-bond donors (Lipinski definition) is 0. The highest BCUT2D eigenvalue weighted by Gasteiger charge is 2.20. The minimum atomic E-state index is -0.361. The van der Waals surface area contributed by atoms with Crippen molar-refractivity contribution in [2.24, 2.45) is 14.1 Å². The number of aryl methyl sites for hydroxylation is 1. The Labute approximate surface area is 191 Å². The zero-order valence-electron chi connectivity index (χ0n) is 17.4. The number of rotatable bonds is 5. The number of imidazole rings is 1. The summed E-state index contributed by atoms with van der Waals surface area (Å²) < 4.78 is 9.88. The van der Waals surface area contributed by atoms with Crippen molar-refractivity contribution in [2.75, 3.05) is 44.7 Å². The van der Waals surface area contributed by atoms with Gasteiger partial charge in [-0.1, -0.05) is 12.1 Å². The number of ether oxygens (including phenoxy) is 1. The number of anilines is 1. The normalized spacial score (nSPS) is 14.7. The van der Waals surface area contributed by atoms with Gasteiger partial charge in [-0.05, 0) is 12.1 Å². The van der Waals surface area contributed by atoms with Gasteiger partial charge in [0.2, 0.25) is 0 Å². The van der Waals surface area contributed by atoms with Gasteiger partial charge in [0.25, 0.3) is 5.56 Å². The summed E-state index contributed by atoms with van der Waals surface area (Å²) in [6.07, 6.45) is 1.65. The molecule has 2 aromatic heterocycles. The minimum absolute atomic E-state index is 0. The predicted octanol–water partition coefficient (Wildman–Crippen LogP) is 0.882. The number of hydrogen-bond acceptors (Lipinski definition) is 6. The highest BCUT2D eigenvalue weighted by atomic mass is 127. The monoisotopic (exact) mass is 526 g/mol. The van der Waals surface area contributed by atoms with Crippen LogP contribution in [0.1, 0.15) is 0 Å². The standard InChI is InChI=1S/C20H26N6O3.HI/c1-22-18-17(19(27)23(2)20(22)28)26(14-21-18)13-10-24-8-11-25(12-9-24)15-6-4-5-7-16(15)29-3;/h4-7,14H,8-13H2,1-3H3;1H. The third kappa shape index (κ3) is 3.97. The largest absolute Gasteiger partial charge is 0.495 e. The van der Waals surface area contributed by atoms with Gasteiger partial charge in [0.05, 0.1) is 19.1 Å². The first kappa shape index (κ1) is 22.3. The van der Waals surface area contributed by atoms with Gasteiger partial charge in [-0.15, -0.1) is 24.0 Å². The Kier molecular flexibility index (Phi) is 6.86. The number of nitrogens with zero attached hydrogens (tertiary/aromatic N) is 6. The van der Waals surface area contributed by atoms with E-state index in [0.717, 1.165) is 48.7 Å². The van der Waals surface area contributed by atoms with Crippen molar-refractivity contribution in [3.63, 3.8) is 0 Å². The lowest BCUT2D eigenvalue weighted by molar-refractivity contribution is 0.248. The summed E-state index contributed by atoms with van der Waals surface area (Å²) in [7, 11) is 4.83. The van der Waals surface area contributed by atoms with Crippen LogP contribution in [0.4, 0.5) is 5.69 Å². The summed E-state index contributed by atoms with van der Waals surface area (Å²) in [5, 5.41) is 0. The van der Waals surface area contributed by atoms with Crippen LogP contribution in [0.3, 0.4) is 0 Å². The molecule has 1 aromatic carbocycles. The van der Waals surface area contributed by atoms with Crippen LogP contribution in [0.25, 0.3) is 11.2 Å². The second-order valence-electron chi connectivity index (χ2n) is 7.32. The van der Waals surface area contributed by atoms with E-state index in [9.17, 15) is 9.59 Å². The fraction of sp³-hybridized carbons (Fsp3) is 0.450. The van der Waals surface area contributed by atoms with Crippen LogP contribution >= 0.6 is 24.0 Å². The first-order valence-corrected chi connectivity index (χ1v) is 9.72. The molecule has 0 unspecified atom stereocenters. The average Bonchev–Trinajstić information content (AvgIpc) is 3.19. The van der Waals surface area contributed by atoms with Gasteiger partial charge in [0.1, 0.15) is 5.75 Å². The Hall–Kier alpha value is -2.34. The molecule has 9 nitrogen and oxygen atoms in total. The number of fused-ring (bicyclic) bond motifs is 1. The topological polar surface area (TPSA) is 77.5 Å². The molecule has 10 heteroatoms. The number of benzene rings is 1. The van der Waals surface area contributed by atoms with E-state index in [1.165, 1.54) is 11.6 Å². The molecule has 0 N–H and O–H groups in total. The van der Waals surface area contributed by atoms with E-state index in [4.69, 9.17) is 4.74 Å². The van der Waals surface area contributed by atoms with Gasteiger partial charge in [0.15, 0.2) is 11.2 Å². The molecule has 1 aliphatic rings. The van der Waals surface area contributed by atoms with Crippen molar-refractivity contribution in [3.05, 3.63) is 51.4 Å². The average molecular weight is 526 g/mol. The van der Waals surface area contributed by atoms with Crippen LogP contribution in [-0.2, 0) is 20.6 Å². The SMILES string of the molecule is COc1ccccc1N1CCN(CCn2cnc3c2c(=O)n(C)c(=O)n3C)CC1.I. The fourth-order valence-corrected chi connectivity index (χ4v) is 3.92. The number of aromatic nitrogens is 4. The molecule has 162 valence electrons. The van der Waals surface area contributed by atoms with Crippen LogP contribution < -0.4 is 20.9 Å². The Bertz CT molecular complexity index is 1140. The summed E-state index contributed by atoms with van der Waals surface area (Å²) >= 11 is 0. The number of halogens is 1. The van der Waals surface area contributed by atoms with Crippen LogP contribution in [0.5, 0.6) is 5.75 Å². The third-order valence-corrected chi connectivity index (χ3v) is 5.67. The smallest absolute Gasteiger partial charge is 0.332 e. The van der Waals surface area contributed by atoms with E-state index in [0.29, 0.717) is 17.7 Å². The van der Waals surface area contributed by atoms with Crippen molar-refractivity contribution >= 4 is 40.8 Å². The van der Waals surface area contributed by atoms with Crippen molar-refractivity contribution < 1.29 is 4.74 Å². The highest BCUT2D eigenvalue weighted by Crippen LogP contribution is 2.28. The summed E-state index contributed by atoms with van der Waals surface area (Å²) in [5.41, 5.74) is 1.36. The minimum Gasteiger partial charge on any atom is -0.495 e. The molecule has 0 bridgehead atoms. The lowest BCUT2D eigenvalue weighted by atomic mass is 10.2. The predicted molar refractivity (Wildman–Crippen MR) is 127 cm³/mol. The second kappa shape index (κ2) is 9.21. The molecule has 30 heavy (non-hydrogen) atoms. The molecule has 3 aromatic rings. The number of para-hydroxylation sites is 2. The van der Waals surface area contributed by atoms with Crippen LogP contribution in [-0.4, -0.2) is 63.4 Å². The van der Waals surface area contributed by atoms with E-state index < -0.39 is 0 Å². The molecule has 3 heterocycles. The Balaban J connectivity index is 0.00000256. The van der Waals surface area contributed by atoms with Crippen molar-refractivity contribution in [3.8, 4) is 5.75 Å². The molecule has 0 aliphatic carbocycles. The molecule has 4 rings (SSSR count). The zero-order chi connectivity index (χ0) is 20.5. The summed E-state index contributed by atoms with van der Waals surface area (Å²) in [6.45, 7) is 5.17. The molecule has 0 atom stereocenters. The molecular formula is C20H27IN6O3. The van der Waals surface area contributed by atoms with Crippen LogP contribution in [0.15, 0.2) is 40.2 Å². The lowest BCUT2D eigenvalue weighted by Crippen LogP contribution is -2.47. The molecular weight excluding hydrogens is 499 g/mol. The molecule has 0 radical (unpaired) electrons. The quantitative estimate of drug-likeness (QED) is 0.460. The summed E-state index contributed by atoms with van der Waals surface area (Å²) in [5.74, 6) is 0.896. The Morgan fingerprint density at radius 3 is 2.40 bits per heavy atom. The van der Waals surface area contributed by atoms with Crippen molar-refractivity contribution in [1.29, 1.82) is 0 Å². The van der Waals surface area contributed by atoms with Gasteiger partial charge in [-0.3, -0.25) is 18.8 Å². The van der Waals surface area contributed by atoms with Crippen LogP contribution in [0, 0.1) is 0 Å². The van der Waals surface area contributed by atoms with E-state index in [1.54, 1.807) is 20.5 Å². The Morgan fingerprint density at radius 1 is 1.00 bits per heavy atom. The molecule has 0 spiro atoms. The second-order valence-corrected chi connectivity index (χ2v) is 7.32. The molecule has 1 aliphatic heterocycles. The number of piperazine rings is 1. The summed E-state index contributed by atoms with van der Waals surface area (Å²) in [4.78, 5) is 33.6. The van der Waals surface area contributed by atoms with Gasteiger partial charge >= 0.3 is 5.69 Å². The van der Waals surface area contributed by atoms with E-state index in [2.05, 4.69) is 20.9 Å². The zero-order valence-corrected chi connectivity index (χ0v) is 19.8. The molecule has 0 amide bonds. The molecule has 1 fully saturated rings. The van der Waals surface area contributed by atoms with E-state index >= 15 is 0 Å². The van der Waals surface area contributed by atoms with E-state index in [-0.39, 0.29) is 35.2 Å². The first-order valence-electron chi connectivity index (χ1n) is 9.72. The maximum Gasteiger partial charge on any atom is 0.332 e. The highest BCUT2D eigenvalue weighted by molar-refractivity contribution is 14.0. The maximum atomic E-state index is 12.6. The Morgan fingerprint density at radius 2 is 1.70 bits per heavy atom. The van der Waals surface area contributed by atoms with Gasteiger partial charge in [0, 0.05) is 53.4 Å². The molecule has 1 saturated heterocycles. The van der Waals surface area contributed by atoms with Crippen LogP contribution in [0.2, 0.25) is 0 Å². The van der Waals surface area contributed by atoms with E-state index in [1.807, 2.05) is 22.8 Å². The first-order chi connectivity index (χ1) is 14.0. The maximum absolute atomic E-state index is 12.6. The van der Waals surface area contributed by atoms with Gasteiger partial charge in [-0.2, -0.15) is 0 Å². The molecule has 0 saturated carbocycles. The summed E-state index contributed by atoms with van der Waals surface area (Å²) in [6, 6.07) is 8.09. The van der Waals surface area contributed by atoms with Crippen molar-refractivity contribution in [2.45, 2.75) is 6.54 Å². The fourth-order valence-electron chi connectivity index (χ4n) is 3.92. The van der Waals surface area contributed by atoms with Gasteiger partial charge in [-0.25, -0.2) is 9.78 Å². The third-order valence-electron chi connectivity index (χ3n) is 5.67. The number of methoxy groups -OCH3 is 1. The lowest BCUT2D eigenvalue weighted by Gasteiger charge is -2.36. The van der Waals surface area contributed by atoms with Gasteiger partial charge < -0.3 is 14.2 Å².